The zero-order valence-electron chi connectivity index (χ0n) is 18.8. The largest absolute Gasteiger partial charge is 0.332 e. The number of ketones is 1. The maximum Gasteiger partial charge on any atom is 0.188 e. The molecule has 6 heteroatoms. The molecule has 0 fully saturated rings. The first-order valence-corrected chi connectivity index (χ1v) is 11.7. The van der Waals surface area contributed by atoms with Crippen LogP contribution in [-0.2, 0) is 6.42 Å². The van der Waals surface area contributed by atoms with Gasteiger partial charge in [0.25, 0.3) is 0 Å². The number of rotatable bonds is 6. The Morgan fingerprint density at radius 1 is 0.939 bits per heavy atom. The third-order valence-corrected chi connectivity index (χ3v) is 6.84. The lowest BCUT2D eigenvalue weighted by Gasteiger charge is -2.07. The van der Waals surface area contributed by atoms with Crippen molar-refractivity contribution in [2.45, 2.75) is 27.2 Å². The molecule has 2 aromatic carbocycles. The van der Waals surface area contributed by atoms with E-state index < -0.39 is 0 Å². The van der Waals surface area contributed by atoms with E-state index in [0.717, 1.165) is 49.6 Å². The Balaban J connectivity index is 1.40. The first-order valence-electron chi connectivity index (χ1n) is 10.9. The van der Waals surface area contributed by atoms with Crippen LogP contribution in [0.15, 0.2) is 72.9 Å². The van der Waals surface area contributed by atoms with Crippen molar-refractivity contribution in [2.24, 2.45) is 0 Å². The van der Waals surface area contributed by atoms with Gasteiger partial charge in [0, 0.05) is 23.9 Å². The summed E-state index contributed by atoms with van der Waals surface area (Å²) in [7, 11) is 0. The first-order chi connectivity index (χ1) is 16.0. The van der Waals surface area contributed by atoms with Crippen LogP contribution in [0.4, 0.5) is 10.8 Å². The maximum atomic E-state index is 12.9. The van der Waals surface area contributed by atoms with E-state index >= 15 is 0 Å². The second kappa shape index (κ2) is 8.64. The van der Waals surface area contributed by atoms with Gasteiger partial charge >= 0.3 is 0 Å². The maximum absolute atomic E-state index is 12.9. The van der Waals surface area contributed by atoms with Crippen molar-refractivity contribution in [1.82, 2.24) is 14.4 Å². The van der Waals surface area contributed by atoms with Crippen LogP contribution in [0.1, 0.15) is 32.9 Å². The molecule has 5 rings (SSSR count). The Kier molecular flexibility index (Phi) is 5.52. The van der Waals surface area contributed by atoms with Gasteiger partial charge in [-0.2, -0.15) is 0 Å². The minimum absolute atomic E-state index is 0.102. The standard InChI is InChI=1S/C27H24N4OS/c1-17-9-4-5-10-20(17)16-23(32)21-11-8-12-22(15-21)30-27-29-19(3)26(33-27)25-18(2)28-24-13-6-7-14-31(24)25/h4-15H,16H2,1-3H3,(H,29,30). The molecule has 0 aliphatic rings. The highest BCUT2D eigenvalue weighted by Crippen LogP contribution is 2.36. The van der Waals surface area contributed by atoms with Gasteiger partial charge in [-0.1, -0.05) is 53.8 Å². The average Bonchev–Trinajstić information content (AvgIpc) is 3.33. The lowest BCUT2D eigenvalue weighted by molar-refractivity contribution is 0.0993. The molecular formula is C27H24N4OS. The number of aryl methyl sites for hydroxylation is 3. The highest BCUT2D eigenvalue weighted by molar-refractivity contribution is 7.19. The molecular weight excluding hydrogens is 428 g/mol. The van der Waals surface area contributed by atoms with Crippen LogP contribution in [0.25, 0.3) is 16.2 Å². The average molecular weight is 453 g/mol. The molecule has 0 saturated heterocycles. The normalized spacial score (nSPS) is 11.1. The number of benzene rings is 2. The van der Waals surface area contributed by atoms with E-state index in [1.165, 1.54) is 0 Å². The van der Waals surface area contributed by atoms with Crippen LogP contribution in [0.3, 0.4) is 0 Å². The van der Waals surface area contributed by atoms with Crippen molar-refractivity contribution in [1.29, 1.82) is 0 Å². The predicted octanol–water partition coefficient (Wildman–Crippen LogP) is 6.55. The fourth-order valence-electron chi connectivity index (χ4n) is 4.03. The molecule has 0 radical (unpaired) electrons. The van der Waals surface area contributed by atoms with Crippen molar-refractivity contribution < 1.29 is 4.79 Å². The monoisotopic (exact) mass is 452 g/mol. The molecule has 5 aromatic rings. The molecule has 0 atom stereocenters. The van der Waals surface area contributed by atoms with Gasteiger partial charge in [0.2, 0.25) is 0 Å². The Hall–Kier alpha value is -3.77. The van der Waals surface area contributed by atoms with E-state index in [4.69, 9.17) is 4.98 Å². The number of Topliss-reactive ketones (excluding diaryl/α,β-unsaturated/α-hetero) is 1. The van der Waals surface area contributed by atoms with Crippen molar-refractivity contribution >= 4 is 33.6 Å². The number of fused-ring (bicyclic) bond motifs is 1. The summed E-state index contributed by atoms with van der Waals surface area (Å²) in [6.45, 7) is 6.08. The lowest BCUT2D eigenvalue weighted by atomic mass is 9.99. The fraction of sp³-hybridized carbons (Fsp3) is 0.148. The third-order valence-electron chi connectivity index (χ3n) is 5.76. The fourth-order valence-corrected chi connectivity index (χ4v) is 5.11. The highest BCUT2D eigenvalue weighted by Gasteiger charge is 2.17. The van der Waals surface area contributed by atoms with Crippen LogP contribution in [0.2, 0.25) is 0 Å². The summed E-state index contributed by atoms with van der Waals surface area (Å²) in [5, 5.41) is 4.18. The van der Waals surface area contributed by atoms with Gasteiger partial charge in [-0.05, 0) is 56.2 Å². The van der Waals surface area contributed by atoms with Gasteiger partial charge in [-0.25, -0.2) is 9.97 Å². The van der Waals surface area contributed by atoms with Gasteiger partial charge < -0.3 is 5.32 Å². The number of hydrogen-bond donors (Lipinski definition) is 1. The van der Waals surface area contributed by atoms with Crippen molar-refractivity contribution in [3.8, 4) is 10.6 Å². The predicted molar refractivity (Wildman–Crippen MR) is 135 cm³/mol. The summed E-state index contributed by atoms with van der Waals surface area (Å²) in [6.07, 6.45) is 2.42. The Morgan fingerprint density at radius 3 is 2.61 bits per heavy atom. The molecule has 164 valence electrons. The van der Waals surface area contributed by atoms with E-state index in [1.54, 1.807) is 11.3 Å². The zero-order chi connectivity index (χ0) is 22.9. The Bertz CT molecular complexity index is 1480. The molecule has 0 aliphatic carbocycles. The summed E-state index contributed by atoms with van der Waals surface area (Å²) in [5.41, 5.74) is 7.64. The molecule has 0 bridgehead atoms. The van der Waals surface area contributed by atoms with E-state index in [1.807, 2.05) is 93.7 Å². The van der Waals surface area contributed by atoms with E-state index in [-0.39, 0.29) is 5.78 Å². The van der Waals surface area contributed by atoms with Crippen LogP contribution in [0.5, 0.6) is 0 Å². The zero-order valence-corrected chi connectivity index (χ0v) is 19.6. The van der Waals surface area contributed by atoms with Crippen molar-refractivity contribution in [2.75, 3.05) is 5.32 Å². The Morgan fingerprint density at radius 2 is 1.76 bits per heavy atom. The number of aromatic nitrogens is 3. The number of nitrogens with zero attached hydrogens (tertiary/aromatic N) is 3. The van der Waals surface area contributed by atoms with E-state index in [9.17, 15) is 4.79 Å². The van der Waals surface area contributed by atoms with Gasteiger partial charge in [0.1, 0.15) is 5.65 Å². The molecule has 0 spiro atoms. The van der Waals surface area contributed by atoms with Crippen molar-refractivity contribution in [3.63, 3.8) is 0 Å². The summed E-state index contributed by atoms with van der Waals surface area (Å²) in [5.74, 6) is 0.102. The summed E-state index contributed by atoms with van der Waals surface area (Å²) < 4.78 is 2.10. The topological polar surface area (TPSA) is 59.3 Å². The number of carbonyl (C=O) groups excluding carboxylic acids is 1. The number of carbonyl (C=O) groups is 1. The van der Waals surface area contributed by atoms with Crippen molar-refractivity contribution in [3.05, 3.63) is 101 Å². The van der Waals surface area contributed by atoms with Crippen LogP contribution < -0.4 is 5.32 Å². The van der Waals surface area contributed by atoms with E-state index in [0.29, 0.717) is 12.0 Å². The number of anilines is 2. The summed E-state index contributed by atoms with van der Waals surface area (Å²) in [6, 6.07) is 21.6. The van der Waals surface area contributed by atoms with Gasteiger partial charge in [-0.3, -0.25) is 9.20 Å². The second-order valence-electron chi connectivity index (χ2n) is 8.14. The molecule has 0 saturated carbocycles. The number of pyridine rings is 1. The van der Waals surface area contributed by atoms with Gasteiger partial charge in [0.15, 0.2) is 10.9 Å². The molecule has 3 aromatic heterocycles. The molecule has 0 unspecified atom stereocenters. The molecule has 33 heavy (non-hydrogen) atoms. The summed E-state index contributed by atoms with van der Waals surface area (Å²) >= 11 is 1.59. The minimum atomic E-state index is 0.102. The highest BCUT2D eigenvalue weighted by atomic mass is 32.1. The third kappa shape index (κ3) is 4.17. The van der Waals surface area contributed by atoms with Crippen LogP contribution in [-0.4, -0.2) is 20.2 Å². The smallest absolute Gasteiger partial charge is 0.188 e. The molecule has 0 aliphatic heterocycles. The number of hydrogen-bond acceptors (Lipinski definition) is 5. The molecule has 0 amide bonds. The van der Waals surface area contributed by atoms with Gasteiger partial charge in [0.05, 0.1) is 22.0 Å². The molecule has 1 N–H and O–H groups in total. The molecule has 5 nitrogen and oxygen atoms in total. The SMILES string of the molecule is Cc1ccccc1CC(=O)c1cccc(Nc2nc(C)c(-c3c(C)nc4ccccn34)s2)c1. The van der Waals surface area contributed by atoms with Crippen LogP contribution >= 0.6 is 11.3 Å². The molecule has 3 heterocycles. The van der Waals surface area contributed by atoms with E-state index in [2.05, 4.69) is 14.7 Å². The Labute approximate surface area is 196 Å². The minimum Gasteiger partial charge on any atom is -0.332 e. The quantitative estimate of drug-likeness (QED) is 0.297. The number of thiazole rings is 1. The van der Waals surface area contributed by atoms with Gasteiger partial charge in [-0.15, -0.1) is 0 Å². The van der Waals surface area contributed by atoms with Crippen LogP contribution in [0, 0.1) is 20.8 Å². The summed E-state index contributed by atoms with van der Waals surface area (Å²) in [4.78, 5) is 23.4. The first kappa shape index (κ1) is 21.1. The lowest BCUT2D eigenvalue weighted by Crippen LogP contribution is -2.05. The number of nitrogens with one attached hydrogen (secondary N) is 1. The second-order valence-corrected chi connectivity index (χ2v) is 9.14. The number of imidazole rings is 1.